The molecular formula is C25H50N6O13. The van der Waals surface area contributed by atoms with Crippen molar-refractivity contribution in [2.75, 3.05) is 19.7 Å². The molecule has 44 heavy (non-hydrogen) atoms. The minimum Gasteiger partial charge on any atom is -0.481 e. The molecule has 0 spiro atoms. The van der Waals surface area contributed by atoms with E-state index in [9.17, 15) is 39.3 Å². The van der Waals surface area contributed by atoms with Crippen molar-refractivity contribution >= 4 is 29.7 Å². The Bertz CT molecular complexity index is 883. The van der Waals surface area contributed by atoms with Crippen LogP contribution in [-0.2, 0) is 33.4 Å². The lowest BCUT2D eigenvalue weighted by molar-refractivity contribution is -0.267. The number of aliphatic hydroxyl groups excluding tert-OH is 3. The van der Waals surface area contributed by atoms with E-state index in [0.29, 0.717) is 13.0 Å². The second-order valence-corrected chi connectivity index (χ2v) is 10.0. The number of primary amides is 1. The van der Waals surface area contributed by atoms with Gasteiger partial charge >= 0.3 is 17.9 Å². The number of carboxylic acid groups (broad SMARTS) is 3. The molecule has 0 aliphatic carbocycles. The average Bonchev–Trinajstić information content (AvgIpc) is 2.94. The first kappa shape index (κ1) is 43.1. The van der Waals surface area contributed by atoms with Gasteiger partial charge in [-0.1, -0.05) is 6.42 Å². The number of nitrogens with two attached hydrogens (primary N) is 4. The molecule has 1 heterocycles. The third-order valence-electron chi connectivity index (χ3n) is 6.04. The van der Waals surface area contributed by atoms with Crippen molar-refractivity contribution in [3.05, 3.63) is 0 Å². The van der Waals surface area contributed by atoms with Crippen molar-refractivity contribution in [1.82, 2.24) is 10.6 Å². The molecule has 0 bridgehead atoms. The Morgan fingerprint density at radius 2 is 1.55 bits per heavy atom. The molecule has 258 valence electrons. The Kier molecular flexibility index (Phi) is 22.9. The Morgan fingerprint density at radius 1 is 0.955 bits per heavy atom. The molecule has 0 aromatic rings. The summed E-state index contributed by atoms with van der Waals surface area (Å²) in [5, 5.41) is 59.9. The fourth-order valence-corrected chi connectivity index (χ4v) is 3.43. The number of aliphatic carboxylic acids is 3. The quantitative estimate of drug-likeness (QED) is 0.0666. The summed E-state index contributed by atoms with van der Waals surface area (Å²) in [4.78, 5) is 52.4. The van der Waals surface area contributed by atoms with Gasteiger partial charge in [-0.15, -0.1) is 0 Å². The molecule has 0 radical (unpaired) electrons. The van der Waals surface area contributed by atoms with Crippen LogP contribution in [0.5, 0.6) is 0 Å². The summed E-state index contributed by atoms with van der Waals surface area (Å²) < 4.78 is 10.7. The van der Waals surface area contributed by atoms with Crippen LogP contribution in [0.2, 0.25) is 0 Å². The summed E-state index contributed by atoms with van der Waals surface area (Å²) in [6.45, 7) is 4.61. The first-order valence-corrected chi connectivity index (χ1v) is 13.9. The van der Waals surface area contributed by atoms with Gasteiger partial charge in [0.15, 0.2) is 6.29 Å². The molecule has 1 unspecified atom stereocenters. The summed E-state index contributed by atoms with van der Waals surface area (Å²) in [6.07, 6.45) is -3.23. The molecule has 1 rings (SSSR count). The minimum atomic E-state index is -1.46. The van der Waals surface area contributed by atoms with Crippen molar-refractivity contribution in [3.63, 3.8) is 0 Å². The topological polar surface area (TPSA) is 353 Å². The molecule has 2 amide bonds. The van der Waals surface area contributed by atoms with Crippen molar-refractivity contribution in [2.24, 2.45) is 22.9 Å². The molecule has 1 saturated heterocycles. The smallest absolute Gasteiger partial charge is 0.320 e. The number of amides is 2. The number of unbranched alkanes of at least 4 members (excludes halogenated alkanes) is 1. The van der Waals surface area contributed by atoms with Gasteiger partial charge in [0.2, 0.25) is 11.8 Å². The number of carboxylic acids is 3. The van der Waals surface area contributed by atoms with Crippen LogP contribution < -0.4 is 33.6 Å². The molecule has 1 aliphatic heterocycles. The molecule has 0 aromatic heterocycles. The summed E-state index contributed by atoms with van der Waals surface area (Å²) in [5.41, 5.74) is 20.3. The predicted octanol–water partition coefficient (Wildman–Crippen LogP) is -4.41. The Balaban J connectivity index is 0. The molecule has 1 aliphatic rings. The number of hydrogen-bond acceptors (Lipinski definition) is 14. The molecule has 19 heteroatoms. The van der Waals surface area contributed by atoms with Crippen LogP contribution >= 0.6 is 0 Å². The van der Waals surface area contributed by atoms with E-state index in [-0.39, 0.29) is 19.4 Å². The van der Waals surface area contributed by atoms with Gasteiger partial charge < -0.3 is 73.7 Å². The number of nitrogens with one attached hydrogen (secondary N) is 2. The summed E-state index contributed by atoms with van der Waals surface area (Å²) in [7, 11) is 0. The van der Waals surface area contributed by atoms with Crippen LogP contribution in [0.4, 0.5) is 0 Å². The number of ether oxygens (including phenoxy) is 2. The van der Waals surface area contributed by atoms with Gasteiger partial charge in [0, 0.05) is 19.9 Å². The normalized spacial score (nSPS) is 23.7. The maximum Gasteiger partial charge on any atom is 0.320 e. The third kappa shape index (κ3) is 19.3. The molecule has 16 N–H and O–H groups in total. The SMILES string of the molecule is CC(=O)N[C@@H]1[C@@H](OC(C)CN[C@@H](C)C(=O)O)[C@H](O)[C@@H](CO)O[C@@H]1O.NC(=O)[C@H](N)CCC(=O)O.NCCCC[C@H](N)C(=O)O. The predicted molar refractivity (Wildman–Crippen MR) is 154 cm³/mol. The first-order chi connectivity index (χ1) is 20.4. The highest BCUT2D eigenvalue weighted by atomic mass is 16.6. The van der Waals surface area contributed by atoms with Crippen LogP contribution in [0.1, 0.15) is 52.9 Å². The highest BCUT2D eigenvalue weighted by Gasteiger charge is 2.46. The van der Waals surface area contributed by atoms with E-state index < -0.39 is 91.2 Å². The molecular weight excluding hydrogens is 592 g/mol. The van der Waals surface area contributed by atoms with Crippen LogP contribution in [0.25, 0.3) is 0 Å². The molecule has 1 fully saturated rings. The fourth-order valence-electron chi connectivity index (χ4n) is 3.43. The summed E-state index contributed by atoms with van der Waals surface area (Å²) >= 11 is 0. The lowest BCUT2D eigenvalue weighted by atomic mass is 9.96. The van der Waals surface area contributed by atoms with Gasteiger partial charge in [-0.3, -0.25) is 24.0 Å². The number of hydrogen-bond donors (Lipinski definition) is 12. The van der Waals surface area contributed by atoms with E-state index in [1.165, 1.54) is 13.8 Å². The fraction of sp³-hybridized carbons (Fsp3) is 0.800. The van der Waals surface area contributed by atoms with E-state index >= 15 is 0 Å². The molecule has 0 aromatic carbocycles. The molecule has 9 atom stereocenters. The average molecular weight is 643 g/mol. The van der Waals surface area contributed by atoms with Gasteiger partial charge in [-0.05, 0) is 39.7 Å². The van der Waals surface area contributed by atoms with Gasteiger partial charge in [0.05, 0.1) is 18.8 Å². The van der Waals surface area contributed by atoms with Crippen molar-refractivity contribution in [2.45, 2.75) is 108 Å². The van der Waals surface area contributed by atoms with Crippen molar-refractivity contribution in [1.29, 1.82) is 0 Å². The number of rotatable bonds is 17. The lowest BCUT2D eigenvalue weighted by Gasteiger charge is -2.43. The zero-order valence-corrected chi connectivity index (χ0v) is 25.2. The minimum absolute atomic E-state index is 0.102. The van der Waals surface area contributed by atoms with E-state index in [1.807, 2.05) is 0 Å². The van der Waals surface area contributed by atoms with Crippen molar-refractivity contribution in [3.8, 4) is 0 Å². The van der Waals surface area contributed by atoms with Gasteiger partial charge in [0.1, 0.15) is 36.4 Å². The zero-order chi connectivity index (χ0) is 34.6. The Morgan fingerprint density at radius 3 is 1.98 bits per heavy atom. The largest absolute Gasteiger partial charge is 0.481 e. The summed E-state index contributed by atoms with van der Waals surface area (Å²) in [5.74, 6) is -4.04. The lowest BCUT2D eigenvalue weighted by Crippen LogP contribution is -2.65. The van der Waals surface area contributed by atoms with Crippen LogP contribution in [0.15, 0.2) is 0 Å². The zero-order valence-electron chi connectivity index (χ0n) is 25.2. The van der Waals surface area contributed by atoms with E-state index in [2.05, 4.69) is 10.6 Å². The van der Waals surface area contributed by atoms with E-state index in [4.69, 9.17) is 47.7 Å². The Hall–Kier alpha value is -3.01. The highest BCUT2D eigenvalue weighted by Crippen LogP contribution is 2.23. The van der Waals surface area contributed by atoms with E-state index in [0.717, 1.165) is 12.8 Å². The van der Waals surface area contributed by atoms with Crippen LogP contribution in [0.3, 0.4) is 0 Å². The standard InChI is InChI=1S/C14H26N2O8.C6H14N2O2.C5H10N2O3/c1-6(4-15-7(2)13(20)21)23-12-10(16-8(3)18)14(22)24-9(5-17)11(12)19;7-4-2-1-3-5(8)6(9)10;6-3(5(7)10)1-2-4(8)9/h6-7,9-12,14-15,17,19,22H,4-5H2,1-3H3,(H,16,18)(H,20,21);5H,1-4,7-8H2,(H,9,10);3H,1-2,6H2,(H2,7,10)(H,8,9)/t6?,7-,9+,10+,11+,12+,14-;5-;3-/m001/s1. The maximum absolute atomic E-state index is 11.3. The van der Waals surface area contributed by atoms with Crippen molar-refractivity contribution < 1.29 is 64.1 Å². The second-order valence-electron chi connectivity index (χ2n) is 10.0. The molecule has 0 saturated carbocycles. The highest BCUT2D eigenvalue weighted by molar-refractivity contribution is 5.80. The number of carbonyl (C=O) groups excluding carboxylic acids is 2. The van der Waals surface area contributed by atoms with Gasteiger partial charge in [0.25, 0.3) is 0 Å². The van der Waals surface area contributed by atoms with Gasteiger partial charge in [-0.2, -0.15) is 0 Å². The number of carbonyl (C=O) groups is 5. The number of aliphatic hydroxyl groups is 3. The first-order valence-electron chi connectivity index (χ1n) is 13.9. The monoisotopic (exact) mass is 642 g/mol. The van der Waals surface area contributed by atoms with Crippen LogP contribution in [0, 0.1) is 0 Å². The second kappa shape index (κ2) is 23.4. The maximum atomic E-state index is 11.3. The van der Waals surface area contributed by atoms with E-state index in [1.54, 1.807) is 6.92 Å². The van der Waals surface area contributed by atoms with Gasteiger partial charge in [-0.25, -0.2) is 0 Å². The molecule has 19 nitrogen and oxygen atoms in total. The summed E-state index contributed by atoms with van der Waals surface area (Å²) in [6, 6.07) is -3.36. The third-order valence-corrected chi connectivity index (χ3v) is 6.04. The van der Waals surface area contributed by atoms with Crippen LogP contribution in [-0.4, -0.2) is 135 Å². The Labute approximate surface area is 255 Å².